The second-order valence-corrected chi connectivity index (χ2v) is 6.18. The summed E-state index contributed by atoms with van der Waals surface area (Å²) in [4.78, 5) is 24.9. The monoisotopic (exact) mass is 365 g/mol. The van der Waals surface area contributed by atoms with E-state index in [0.29, 0.717) is 30.3 Å². The standard InChI is InChI=1S/C18H27N3O5/c1-4-21(11-17(22)23)14-8-13(9-14)20-18(24)19-12-6-7-15(25-3)16(10-12)26-5-2/h6-7,10,13-14H,4-5,8-9,11H2,1-3H3,(H,22,23)(H2,19,20,24). The van der Waals surface area contributed by atoms with E-state index in [-0.39, 0.29) is 24.7 Å². The van der Waals surface area contributed by atoms with Gasteiger partial charge in [-0.25, -0.2) is 4.79 Å². The smallest absolute Gasteiger partial charge is 0.319 e. The van der Waals surface area contributed by atoms with Gasteiger partial charge in [-0.2, -0.15) is 0 Å². The molecule has 0 atom stereocenters. The fourth-order valence-corrected chi connectivity index (χ4v) is 3.05. The van der Waals surface area contributed by atoms with E-state index in [1.165, 1.54) is 0 Å². The first-order valence-electron chi connectivity index (χ1n) is 8.81. The van der Waals surface area contributed by atoms with Gasteiger partial charge in [-0.15, -0.1) is 0 Å². The number of carboxylic acids is 1. The Bertz CT molecular complexity index is 631. The number of amides is 2. The molecular weight excluding hydrogens is 338 g/mol. The molecule has 1 aromatic rings. The number of methoxy groups -OCH3 is 1. The number of urea groups is 1. The number of nitrogens with one attached hydrogen (secondary N) is 2. The van der Waals surface area contributed by atoms with Crippen molar-refractivity contribution in [2.24, 2.45) is 0 Å². The molecule has 8 heteroatoms. The van der Waals surface area contributed by atoms with Gasteiger partial charge in [-0.3, -0.25) is 9.69 Å². The third kappa shape index (κ3) is 5.26. The van der Waals surface area contributed by atoms with Crippen LogP contribution in [0, 0.1) is 0 Å². The maximum absolute atomic E-state index is 12.2. The summed E-state index contributed by atoms with van der Waals surface area (Å²) in [5.41, 5.74) is 0.615. The maximum atomic E-state index is 12.2. The van der Waals surface area contributed by atoms with Crippen LogP contribution in [0.3, 0.4) is 0 Å². The van der Waals surface area contributed by atoms with Crippen molar-refractivity contribution in [3.8, 4) is 11.5 Å². The second-order valence-electron chi connectivity index (χ2n) is 6.18. The predicted molar refractivity (Wildman–Crippen MR) is 98.0 cm³/mol. The largest absolute Gasteiger partial charge is 0.493 e. The van der Waals surface area contributed by atoms with Crippen LogP contribution in [-0.4, -0.2) is 60.9 Å². The Balaban J connectivity index is 1.83. The summed E-state index contributed by atoms with van der Waals surface area (Å²) >= 11 is 0. The molecule has 0 bridgehead atoms. The van der Waals surface area contributed by atoms with Crippen molar-refractivity contribution in [2.45, 2.75) is 38.8 Å². The minimum absolute atomic E-state index is 0.0339. The Morgan fingerprint density at radius 1 is 1.27 bits per heavy atom. The Morgan fingerprint density at radius 2 is 2.00 bits per heavy atom. The zero-order chi connectivity index (χ0) is 19.1. The van der Waals surface area contributed by atoms with Crippen LogP contribution in [-0.2, 0) is 4.79 Å². The lowest BCUT2D eigenvalue weighted by molar-refractivity contribution is -0.139. The highest BCUT2D eigenvalue weighted by Crippen LogP contribution is 2.30. The van der Waals surface area contributed by atoms with Crippen molar-refractivity contribution in [3.05, 3.63) is 18.2 Å². The highest BCUT2D eigenvalue weighted by molar-refractivity contribution is 5.90. The SMILES string of the molecule is CCOc1cc(NC(=O)NC2CC(N(CC)CC(=O)O)C2)ccc1OC. The molecule has 1 aliphatic carbocycles. The van der Waals surface area contributed by atoms with Gasteiger partial charge in [0.25, 0.3) is 0 Å². The summed E-state index contributed by atoms with van der Waals surface area (Å²) < 4.78 is 10.7. The zero-order valence-corrected chi connectivity index (χ0v) is 15.4. The van der Waals surface area contributed by atoms with Crippen molar-refractivity contribution >= 4 is 17.7 Å². The number of nitrogens with zero attached hydrogens (tertiary/aromatic N) is 1. The minimum Gasteiger partial charge on any atom is -0.493 e. The normalized spacial score (nSPS) is 18.8. The molecule has 1 fully saturated rings. The third-order valence-corrected chi connectivity index (χ3v) is 4.43. The number of carbonyl (C=O) groups is 2. The van der Waals surface area contributed by atoms with Gasteiger partial charge in [-0.05, 0) is 38.4 Å². The number of carbonyl (C=O) groups excluding carboxylic acids is 1. The van der Waals surface area contributed by atoms with E-state index in [4.69, 9.17) is 14.6 Å². The van der Waals surface area contributed by atoms with E-state index < -0.39 is 5.97 Å². The highest BCUT2D eigenvalue weighted by Gasteiger charge is 2.34. The molecule has 0 heterocycles. The number of hydrogen-bond acceptors (Lipinski definition) is 5. The molecule has 144 valence electrons. The van der Waals surface area contributed by atoms with Crippen molar-refractivity contribution < 1.29 is 24.2 Å². The van der Waals surface area contributed by atoms with E-state index >= 15 is 0 Å². The fraction of sp³-hybridized carbons (Fsp3) is 0.556. The van der Waals surface area contributed by atoms with Crippen LogP contribution in [0.2, 0.25) is 0 Å². The Morgan fingerprint density at radius 3 is 2.58 bits per heavy atom. The summed E-state index contributed by atoms with van der Waals surface area (Å²) in [6.07, 6.45) is 1.50. The number of ether oxygens (including phenoxy) is 2. The molecule has 1 aromatic carbocycles. The third-order valence-electron chi connectivity index (χ3n) is 4.43. The summed E-state index contributed by atoms with van der Waals surface area (Å²) in [7, 11) is 1.56. The lowest BCUT2D eigenvalue weighted by atomic mass is 9.85. The Hall–Kier alpha value is -2.48. The lowest BCUT2D eigenvalue weighted by Gasteiger charge is -2.42. The maximum Gasteiger partial charge on any atom is 0.319 e. The molecule has 2 amide bonds. The number of hydrogen-bond donors (Lipinski definition) is 3. The van der Waals surface area contributed by atoms with E-state index in [1.54, 1.807) is 25.3 Å². The molecule has 0 unspecified atom stereocenters. The zero-order valence-electron chi connectivity index (χ0n) is 15.4. The van der Waals surface area contributed by atoms with Crippen LogP contribution in [0.5, 0.6) is 11.5 Å². The molecule has 0 aliphatic heterocycles. The summed E-state index contributed by atoms with van der Waals surface area (Å²) in [6, 6.07) is 5.17. The van der Waals surface area contributed by atoms with Crippen LogP contribution >= 0.6 is 0 Å². The minimum atomic E-state index is -0.828. The average Bonchev–Trinajstić information content (AvgIpc) is 2.56. The van der Waals surface area contributed by atoms with Gasteiger partial charge < -0.3 is 25.2 Å². The molecule has 0 saturated heterocycles. The molecule has 0 aromatic heterocycles. The molecule has 0 spiro atoms. The van der Waals surface area contributed by atoms with Gasteiger partial charge in [0.1, 0.15) is 0 Å². The van der Waals surface area contributed by atoms with E-state index in [9.17, 15) is 9.59 Å². The van der Waals surface area contributed by atoms with Crippen molar-refractivity contribution in [1.29, 1.82) is 0 Å². The van der Waals surface area contributed by atoms with Crippen LogP contribution in [0.4, 0.5) is 10.5 Å². The molecule has 26 heavy (non-hydrogen) atoms. The van der Waals surface area contributed by atoms with Gasteiger partial charge in [-0.1, -0.05) is 6.92 Å². The number of anilines is 1. The number of rotatable bonds is 9. The van der Waals surface area contributed by atoms with Gasteiger partial charge in [0.05, 0.1) is 20.3 Å². The van der Waals surface area contributed by atoms with Crippen molar-refractivity contribution in [2.75, 3.05) is 32.1 Å². The average molecular weight is 365 g/mol. The fourth-order valence-electron chi connectivity index (χ4n) is 3.05. The van der Waals surface area contributed by atoms with E-state index in [1.807, 2.05) is 18.7 Å². The summed E-state index contributed by atoms with van der Waals surface area (Å²) in [6.45, 7) is 5.03. The van der Waals surface area contributed by atoms with Crippen LogP contribution in [0.15, 0.2) is 18.2 Å². The van der Waals surface area contributed by atoms with E-state index in [2.05, 4.69) is 10.6 Å². The van der Waals surface area contributed by atoms with Crippen molar-refractivity contribution in [1.82, 2.24) is 10.2 Å². The van der Waals surface area contributed by atoms with E-state index in [0.717, 1.165) is 12.8 Å². The molecular formula is C18H27N3O5. The summed E-state index contributed by atoms with van der Waals surface area (Å²) in [5.74, 6) is 0.354. The van der Waals surface area contributed by atoms with Crippen LogP contribution in [0.25, 0.3) is 0 Å². The predicted octanol–water partition coefficient (Wildman–Crippen LogP) is 2.15. The molecule has 3 N–H and O–H groups in total. The summed E-state index contributed by atoms with van der Waals surface area (Å²) in [5, 5.41) is 14.6. The first-order chi connectivity index (χ1) is 12.5. The molecule has 2 rings (SSSR count). The molecule has 8 nitrogen and oxygen atoms in total. The highest BCUT2D eigenvalue weighted by atomic mass is 16.5. The number of benzene rings is 1. The topological polar surface area (TPSA) is 100 Å². The first-order valence-corrected chi connectivity index (χ1v) is 8.81. The number of likely N-dealkylation sites (N-methyl/N-ethyl adjacent to an activating group) is 1. The van der Waals surface area contributed by atoms with Gasteiger partial charge in [0.15, 0.2) is 11.5 Å². The Labute approximate surface area is 153 Å². The molecule has 0 radical (unpaired) electrons. The first kappa shape index (κ1) is 19.8. The van der Waals surface area contributed by atoms with Gasteiger partial charge in [0.2, 0.25) is 0 Å². The lowest BCUT2D eigenvalue weighted by Crippen LogP contribution is -2.55. The molecule has 1 aliphatic rings. The number of carboxylic acid groups (broad SMARTS) is 1. The quantitative estimate of drug-likeness (QED) is 0.620. The molecule has 1 saturated carbocycles. The number of aliphatic carboxylic acids is 1. The van der Waals surface area contributed by atoms with Crippen molar-refractivity contribution in [3.63, 3.8) is 0 Å². The Kier molecular flexibility index (Phi) is 7.08. The van der Waals surface area contributed by atoms with Gasteiger partial charge in [0, 0.05) is 23.8 Å². The van der Waals surface area contributed by atoms with Crippen LogP contribution < -0.4 is 20.1 Å². The second kappa shape index (κ2) is 9.28. The van der Waals surface area contributed by atoms with Gasteiger partial charge >= 0.3 is 12.0 Å². The van der Waals surface area contributed by atoms with Crippen LogP contribution in [0.1, 0.15) is 26.7 Å².